The van der Waals surface area contributed by atoms with Gasteiger partial charge in [-0.3, -0.25) is 4.99 Å². The molecule has 0 aromatic carbocycles. The average Bonchev–Trinajstić information content (AvgIpc) is 2.60. The molecule has 1 saturated carbocycles. The van der Waals surface area contributed by atoms with E-state index in [9.17, 15) is 9.90 Å². The first-order valence-corrected chi connectivity index (χ1v) is 10.5. The molecule has 1 atom stereocenters. The number of aliphatic hydroxyl groups excluding tert-OH is 1. The Morgan fingerprint density at radius 2 is 1.93 bits per heavy atom. The van der Waals surface area contributed by atoms with Crippen molar-refractivity contribution in [1.82, 2.24) is 15.5 Å². The highest BCUT2D eigenvalue weighted by molar-refractivity contribution is 5.80. The number of nitrogens with zero attached hydrogens (tertiary/aromatic N) is 2. The molecule has 1 amide bonds. The third-order valence-corrected chi connectivity index (χ3v) is 5.06. The maximum Gasteiger partial charge on any atom is 0.410 e. The van der Waals surface area contributed by atoms with Crippen LogP contribution in [0.2, 0.25) is 0 Å². The molecular formula is C20H38N4O3. The maximum absolute atomic E-state index is 12.3. The van der Waals surface area contributed by atoms with E-state index >= 15 is 0 Å². The van der Waals surface area contributed by atoms with Crippen LogP contribution in [0.3, 0.4) is 0 Å². The lowest BCUT2D eigenvalue weighted by Crippen LogP contribution is -2.46. The van der Waals surface area contributed by atoms with E-state index in [4.69, 9.17) is 9.73 Å². The number of guanidine groups is 1. The van der Waals surface area contributed by atoms with E-state index in [0.29, 0.717) is 25.0 Å². The Hall–Kier alpha value is -1.50. The van der Waals surface area contributed by atoms with Crippen LogP contribution in [0.25, 0.3) is 0 Å². The van der Waals surface area contributed by atoms with Crippen LogP contribution in [-0.4, -0.2) is 66.0 Å². The fourth-order valence-corrected chi connectivity index (χ4v) is 3.66. The van der Waals surface area contributed by atoms with Crippen LogP contribution in [0.4, 0.5) is 4.79 Å². The van der Waals surface area contributed by atoms with Gasteiger partial charge in [0.15, 0.2) is 5.96 Å². The summed E-state index contributed by atoms with van der Waals surface area (Å²) < 4.78 is 5.50. The van der Waals surface area contributed by atoms with Gasteiger partial charge in [-0.15, -0.1) is 0 Å². The minimum absolute atomic E-state index is 0.149. The van der Waals surface area contributed by atoms with Gasteiger partial charge in [-0.2, -0.15) is 0 Å². The van der Waals surface area contributed by atoms with Gasteiger partial charge >= 0.3 is 6.09 Å². The highest BCUT2D eigenvalue weighted by Crippen LogP contribution is 2.20. The lowest BCUT2D eigenvalue weighted by Gasteiger charge is -2.33. The molecule has 0 radical (unpaired) electrons. The summed E-state index contributed by atoms with van der Waals surface area (Å²) in [6, 6.07) is 0.371. The summed E-state index contributed by atoms with van der Waals surface area (Å²) in [5, 5.41) is 16.5. The molecule has 7 heteroatoms. The third kappa shape index (κ3) is 7.95. The molecule has 7 nitrogen and oxygen atoms in total. The normalized spacial score (nSPS) is 27.2. The van der Waals surface area contributed by atoms with Crippen LogP contribution in [0.1, 0.15) is 66.2 Å². The standard InChI is InChI=1S/C20H38N4O3/c1-5-21-18(23-16-8-10-17(25)11-9-16)22-13-15-7-6-12-24(14-15)19(26)27-20(2,3)4/h15-17,25H,5-14H2,1-4H3,(H2,21,22,23). The van der Waals surface area contributed by atoms with Crippen LogP contribution in [0, 0.1) is 5.92 Å². The number of carbonyl (C=O) groups is 1. The fraction of sp³-hybridized carbons (Fsp3) is 0.900. The molecule has 0 aromatic heterocycles. The van der Waals surface area contributed by atoms with Gasteiger partial charge < -0.3 is 25.4 Å². The number of aliphatic hydroxyl groups is 1. The predicted molar refractivity (Wildman–Crippen MR) is 108 cm³/mol. The zero-order valence-electron chi connectivity index (χ0n) is 17.5. The molecule has 1 saturated heterocycles. The van der Waals surface area contributed by atoms with E-state index in [-0.39, 0.29) is 12.2 Å². The minimum Gasteiger partial charge on any atom is -0.444 e. The molecule has 0 bridgehead atoms. The van der Waals surface area contributed by atoms with Gasteiger partial charge in [-0.25, -0.2) is 4.79 Å². The Labute approximate surface area is 163 Å². The second-order valence-corrected chi connectivity index (χ2v) is 8.80. The third-order valence-electron chi connectivity index (χ3n) is 5.06. The number of likely N-dealkylation sites (tertiary alicyclic amines) is 1. The molecule has 2 aliphatic rings. The first-order valence-electron chi connectivity index (χ1n) is 10.5. The number of hydrogen-bond donors (Lipinski definition) is 3. The van der Waals surface area contributed by atoms with Crippen molar-refractivity contribution in [2.75, 3.05) is 26.2 Å². The monoisotopic (exact) mass is 382 g/mol. The average molecular weight is 383 g/mol. The van der Waals surface area contributed by atoms with Crippen molar-refractivity contribution < 1.29 is 14.6 Å². The lowest BCUT2D eigenvalue weighted by molar-refractivity contribution is 0.0170. The highest BCUT2D eigenvalue weighted by Gasteiger charge is 2.27. The summed E-state index contributed by atoms with van der Waals surface area (Å²) in [6.45, 7) is 10.7. The Morgan fingerprint density at radius 3 is 2.56 bits per heavy atom. The van der Waals surface area contributed by atoms with Gasteiger partial charge in [0.2, 0.25) is 0 Å². The molecule has 0 aromatic rings. The van der Waals surface area contributed by atoms with Crippen molar-refractivity contribution in [2.24, 2.45) is 10.9 Å². The fourth-order valence-electron chi connectivity index (χ4n) is 3.66. The first kappa shape index (κ1) is 21.8. The number of aliphatic imine (C=N–C) groups is 1. The zero-order chi connectivity index (χ0) is 19.9. The van der Waals surface area contributed by atoms with Crippen LogP contribution >= 0.6 is 0 Å². The molecule has 1 unspecified atom stereocenters. The Bertz CT molecular complexity index is 496. The van der Waals surface area contributed by atoms with Crippen molar-refractivity contribution in [1.29, 1.82) is 0 Å². The summed E-state index contributed by atoms with van der Waals surface area (Å²) in [5.41, 5.74) is -0.460. The second kappa shape index (κ2) is 10.2. The number of ether oxygens (including phenoxy) is 1. The van der Waals surface area contributed by atoms with Gasteiger partial charge in [-0.05, 0) is 72.1 Å². The largest absolute Gasteiger partial charge is 0.444 e. The highest BCUT2D eigenvalue weighted by atomic mass is 16.6. The first-order chi connectivity index (χ1) is 12.8. The molecule has 156 valence electrons. The SMILES string of the molecule is CCNC(=NCC1CCCN(C(=O)OC(C)(C)C)C1)NC1CCC(O)CC1. The van der Waals surface area contributed by atoms with E-state index in [1.54, 1.807) is 0 Å². The molecule has 27 heavy (non-hydrogen) atoms. The number of hydrogen-bond acceptors (Lipinski definition) is 4. The second-order valence-electron chi connectivity index (χ2n) is 8.80. The number of piperidine rings is 1. The van der Waals surface area contributed by atoms with Crippen molar-refractivity contribution >= 4 is 12.1 Å². The quantitative estimate of drug-likeness (QED) is 0.514. The number of carbonyl (C=O) groups excluding carboxylic acids is 1. The zero-order valence-corrected chi connectivity index (χ0v) is 17.5. The smallest absolute Gasteiger partial charge is 0.410 e. The van der Waals surface area contributed by atoms with Crippen LogP contribution < -0.4 is 10.6 Å². The molecule has 2 fully saturated rings. The van der Waals surface area contributed by atoms with E-state index in [1.807, 2.05) is 25.7 Å². The number of rotatable bonds is 4. The maximum atomic E-state index is 12.3. The molecular weight excluding hydrogens is 344 g/mol. The molecule has 0 spiro atoms. The van der Waals surface area contributed by atoms with E-state index in [1.165, 1.54) is 0 Å². The molecule has 1 heterocycles. The van der Waals surface area contributed by atoms with Crippen LogP contribution in [0.5, 0.6) is 0 Å². The minimum atomic E-state index is -0.460. The summed E-state index contributed by atoms with van der Waals surface area (Å²) in [4.78, 5) is 18.9. The van der Waals surface area contributed by atoms with Crippen molar-refractivity contribution in [2.45, 2.75) is 84.0 Å². The Morgan fingerprint density at radius 1 is 1.22 bits per heavy atom. The Kier molecular flexibility index (Phi) is 8.20. The van der Waals surface area contributed by atoms with E-state index < -0.39 is 5.60 Å². The molecule has 2 rings (SSSR count). The molecule has 1 aliphatic heterocycles. The van der Waals surface area contributed by atoms with Gasteiger partial charge in [-0.1, -0.05) is 0 Å². The molecule has 3 N–H and O–H groups in total. The topological polar surface area (TPSA) is 86.2 Å². The number of nitrogens with one attached hydrogen (secondary N) is 2. The van der Waals surface area contributed by atoms with Gasteiger partial charge in [0.05, 0.1) is 6.10 Å². The summed E-state index contributed by atoms with van der Waals surface area (Å²) in [6.07, 6.45) is 5.35. The Balaban J connectivity index is 1.85. The van der Waals surface area contributed by atoms with Crippen LogP contribution in [0.15, 0.2) is 4.99 Å². The number of amides is 1. The van der Waals surface area contributed by atoms with Crippen molar-refractivity contribution in [3.05, 3.63) is 0 Å². The van der Waals surface area contributed by atoms with Crippen molar-refractivity contribution in [3.8, 4) is 0 Å². The summed E-state index contributed by atoms with van der Waals surface area (Å²) >= 11 is 0. The lowest BCUT2D eigenvalue weighted by atomic mass is 9.93. The summed E-state index contributed by atoms with van der Waals surface area (Å²) in [7, 11) is 0. The van der Waals surface area contributed by atoms with Gasteiger partial charge in [0, 0.05) is 32.2 Å². The molecule has 1 aliphatic carbocycles. The van der Waals surface area contributed by atoms with Gasteiger partial charge in [0.1, 0.15) is 5.60 Å². The summed E-state index contributed by atoms with van der Waals surface area (Å²) in [5.74, 6) is 1.20. The van der Waals surface area contributed by atoms with E-state index in [0.717, 1.165) is 57.6 Å². The van der Waals surface area contributed by atoms with Crippen LogP contribution in [-0.2, 0) is 4.74 Å². The van der Waals surface area contributed by atoms with Gasteiger partial charge in [0.25, 0.3) is 0 Å². The van der Waals surface area contributed by atoms with Crippen molar-refractivity contribution in [3.63, 3.8) is 0 Å². The van der Waals surface area contributed by atoms with E-state index in [2.05, 4.69) is 17.6 Å². The predicted octanol–water partition coefficient (Wildman–Crippen LogP) is 2.49.